The van der Waals surface area contributed by atoms with Crippen LogP contribution in [0.25, 0.3) is 0 Å². The van der Waals surface area contributed by atoms with E-state index in [2.05, 4.69) is 6.92 Å². The average molecular weight is 292 g/mol. The molecule has 1 aromatic carbocycles. The monoisotopic (exact) mass is 292 g/mol. The molecule has 1 N–H and O–H groups in total. The summed E-state index contributed by atoms with van der Waals surface area (Å²) in [6, 6.07) is 8.90. The summed E-state index contributed by atoms with van der Waals surface area (Å²) in [6.07, 6.45) is 5.06. The van der Waals surface area contributed by atoms with E-state index in [1.807, 2.05) is 6.07 Å². The quantitative estimate of drug-likeness (QED) is 0.522. The van der Waals surface area contributed by atoms with Gasteiger partial charge in [0.2, 0.25) is 0 Å². The van der Waals surface area contributed by atoms with Crippen molar-refractivity contribution in [3.63, 3.8) is 0 Å². The Kier molecular flexibility index (Phi) is 8.17. The number of carboxylic acids is 1. The standard InChI is InChI=1S/C17H24O4/c1-2-3-5-11-15(12-8-13-16(18)19)21-17(20)14-9-6-4-7-10-14/h4,6-7,9-10,15H,2-3,5,8,11-13H2,1H3,(H,18,19). The molecule has 21 heavy (non-hydrogen) atoms. The van der Waals surface area contributed by atoms with Crippen LogP contribution in [0.3, 0.4) is 0 Å². The van der Waals surface area contributed by atoms with Gasteiger partial charge in [0.05, 0.1) is 5.56 Å². The Morgan fingerprint density at radius 1 is 1.10 bits per heavy atom. The second-order valence-electron chi connectivity index (χ2n) is 5.18. The minimum atomic E-state index is -0.809. The van der Waals surface area contributed by atoms with E-state index < -0.39 is 5.97 Å². The van der Waals surface area contributed by atoms with Crippen LogP contribution < -0.4 is 0 Å². The summed E-state index contributed by atoms with van der Waals surface area (Å²) >= 11 is 0. The van der Waals surface area contributed by atoms with E-state index in [4.69, 9.17) is 9.84 Å². The highest BCUT2D eigenvalue weighted by molar-refractivity contribution is 5.89. The molecule has 1 unspecified atom stereocenters. The van der Waals surface area contributed by atoms with Crippen LogP contribution in [0.4, 0.5) is 0 Å². The van der Waals surface area contributed by atoms with E-state index in [0.717, 1.165) is 25.7 Å². The zero-order valence-corrected chi connectivity index (χ0v) is 12.6. The van der Waals surface area contributed by atoms with Gasteiger partial charge in [0, 0.05) is 6.42 Å². The molecule has 0 amide bonds. The van der Waals surface area contributed by atoms with Gasteiger partial charge in [0.15, 0.2) is 0 Å². The van der Waals surface area contributed by atoms with E-state index in [1.165, 1.54) is 0 Å². The van der Waals surface area contributed by atoms with Gasteiger partial charge in [-0.05, 0) is 37.8 Å². The molecule has 1 atom stereocenters. The summed E-state index contributed by atoms with van der Waals surface area (Å²) in [6.45, 7) is 2.12. The highest BCUT2D eigenvalue weighted by Gasteiger charge is 2.16. The molecule has 0 spiro atoms. The Bertz CT molecular complexity index is 428. The number of carboxylic acid groups (broad SMARTS) is 1. The van der Waals surface area contributed by atoms with Crippen molar-refractivity contribution in [1.29, 1.82) is 0 Å². The predicted octanol–water partition coefficient (Wildman–Crippen LogP) is 4.05. The van der Waals surface area contributed by atoms with Crippen molar-refractivity contribution in [2.24, 2.45) is 0 Å². The fourth-order valence-electron chi connectivity index (χ4n) is 2.16. The predicted molar refractivity (Wildman–Crippen MR) is 81.3 cm³/mol. The van der Waals surface area contributed by atoms with Gasteiger partial charge in [-0.25, -0.2) is 4.79 Å². The highest BCUT2D eigenvalue weighted by atomic mass is 16.5. The van der Waals surface area contributed by atoms with Crippen molar-refractivity contribution in [3.05, 3.63) is 35.9 Å². The number of carbonyl (C=O) groups is 2. The van der Waals surface area contributed by atoms with Crippen molar-refractivity contribution in [1.82, 2.24) is 0 Å². The van der Waals surface area contributed by atoms with Gasteiger partial charge >= 0.3 is 11.9 Å². The fourth-order valence-corrected chi connectivity index (χ4v) is 2.16. The van der Waals surface area contributed by atoms with Crippen LogP contribution in [0.2, 0.25) is 0 Å². The number of ether oxygens (including phenoxy) is 1. The average Bonchev–Trinajstić information content (AvgIpc) is 2.47. The number of unbranched alkanes of at least 4 members (excludes halogenated alkanes) is 2. The van der Waals surface area contributed by atoms with Gasteiger partial charge < -0.3 is 9.84 Å². The van der Waals surface area contributed by atoms with Crippen molar-refractivity contribution < 1.29 is 19.4 Å². The van der Waals surface area contributed by atoms with Crippen molar-refractivity contribution in [2.75, 3.05) is 0 Å². The number of aliphatic carboxylic acids is 1. The number of rotatable bonds is 10. The van der Waals surface area contributed by atoms with Gasteiger partial charge in [0.1, 0.15) is 6.10 Å². The third kappa shape index (κ3) is 7.49. The third-order valence-electron chi connectivity index (χ3n) is 3.33. The number of esters is 1. The molecule has 1 rings (SSSR count). The second-order valence-corrected chi connectivity index (χ2v) is 5.18. The summed E-state index contributed by atoms with van der Waals surface area (Å²) in [4.78, 5) is 22.6. The van der Waals surface area contributed by atoms with Gasteiger partial charge in [0.25, 0.3) is 0 Å². The van der Waals surface area contributed by atoms with Crippen LogP contribution in [0.5, 0.6) is 0 Å². The Labute approximate surface area is 126 Å². The minimum absolute atomic E-state index is 0.118. The molecule has 0 fully saturated rings. The lowest BCUT2D eigenvalue weighted by Crippen LogP contribution is -2.19. The van der Waals surface area contributed by atoms with E-state index in [0.29, 0.717) is 18.4 Å². The molecule has 1 aromatic rings. The second kappa shape index (κ2) is 9.97. The summed E-state index contributed by atoms with van der Waals surface area (Å²) in [7, 11) is 0. The van der Waals surface area contributed by atoms with E-state index in [1.54, 1.807) is 24.3 Å². The first-order chi connectivity index (χ1) is 10.1. The van der Waals surface area contributed by atoms with Crippen molar-refractivity contribution >= 4 is 11.9 Å². The van der Waals surface area contributed by atoms with E-state index in [-0.39, 0.29) is 18.5 Å². The zero-order valence-electron chi connectivity index (χ0n) is 12.6. The lowest BCUT2D eigenvalue weighted by atomic mass is 10.0. The molecular weight excluding hydrogens is 268 g/mol. The van der Waals surface area contributed by atoms with Crippen LogP contribution in [-0.2, 0) is 9.53 Å². The van der Waals surface area contributed by atoms with Crippen LogP contribution in [0.15, 0.2) is 30.3 Å². The maximum absolute atomic E-state index is 12.0. The number of hydrogen-bond acceptors (Lipinski definition) is 3. The number of benzene rings is 1. The van der Waals surface area contributed by atoms with Crippen LogP contribution in [-0.4, -0.2) is 23.1 Å². The van der Waals surface area contributed by atoms with E-state index in [9.17, 15) is 9.59 Å². The topological polar surface area (TPSA) is 63.6 Å². The molecule has 0 bridgehead atoms. The molecular formula is C17H24O4. The molecule has 4 nitrogen and oxygen atoms in total. The minimum Gasteiger partial charge on any atom is -0.481 e. The molecule has 0 saturated carbocycles. The van der Waals surface area contributed by atoms with Crippen LogP contribution in [0, 0.1) is 0 Å². The molecule has 0 heterocycles. The molecule has 0 aliphatic carbocycles. The summed E-state index contributed by atoms with van der Waals surface area (Å²) < 4.78 is 5.53. The van der Waals surface area contributed by atoms with Gasteiger partial charge in [-0.1, -0.05) is 38.0 Å². The maximum Gasteiger partial charge on any atom is 0.338 e. The lowest BCUT2D eigenvalue weighted by Gasteiger charge is -2.17. The highest BCUT2D eigenvalue weighted by Crippen LogP contribution is 2.16. The Morgan fingerprint density at radius 3 is 2.38 bits per heavy atom. The van der Waals surface area contributed by atoms with E-state index >= 15 is 0 Å². The smallest absolute Gasteiger partial charge is 0.338 e. The molecule has 116 valence electrons. The first kappa shape index (κ1) is 17.2. The zero-order chi connectivity index (χ0) is 15.5. The SMILES string of the molecule is CCCCCC(CCCC(=O)O)OC(=O)c1ccccc1. The first-order valence-corrected chi connectivity index (χ1v) is 7.61. The molecule has 0 aliphatic heterocycles. The maximum atomic E-state index is 12.0. The normalized spacial score (nSPS) is 11.9. The lowest BCUT2D eigenvalue weighted by molar-refractivity contribution is -0.137. The van der Waals surface area contributed by atoms with Crippen molar-refractivity contribution in [3.8, 4) is 0 Å². The molecule has 0 saturated heterocycles. The van der Waals surface area contributed by atoms with Crippen LogP contribution in [0.1, 0.15) is 62.2 Å². The Morgan fingerprint density at radius 2 is 1.76 bits per heavy atom. The molecule has 0 aromatic heterocycles. The molecule has 0 radical (unpaired) electrons. The Hall–Kier alpha value is -1.84. The fraction of sp³-hybridized carbons (Fsp3) is 0.529. The largest absolute Gasteiger partial charge is 0.481 e. The van der Waals surface area contributed by atoms with Crippen LogP contribution >= 0.6 is 0 Å². The van der Waals surface area contributed by atoms with Gasteiger partial charge in [-0.15, -0.1) is 0 Å². The Balaban J connectivity index is 2.50. The van der Waals surface area contributed by atoms with Crippen molar-refractivity contribution in [2.45, 2.75) is 58.0 Å². The van der Waals surface area contributed by atoms with Gasteiger partial charge in [-0.2, -0.15) is 0 Å². The first-order valence-electron chi connectivity index (χ1n) is 7.61. The summed E-state index contributed by atoms with van der Waals surface area (Å²) in [5.74, 6) is -1.14. The number of hydrogen-bond donors (Lipinski definition) is 1. The van der Waals surface area contributed by atoms with Gasteiger partial charge in [-0.3, -0.25) is 4.79 Å². The third-order valence-corrected chi connectivity index (χ3v) is 3.33. The summed E-state index contributed by atoms with van der Waals surface area (Å²) in [5, 5.41) is 8.69. The summed E-state index contributed by atoms with van der Waals surface area (Å²) in [5.41, 5.74) is 0.538. The number of carbonyl (C=O) groups excluding carboxylic acids is 1. The molecule has 4 heteroatoms. The molecule has 0 aliphatic rings.